The summed E-state index contributed by atoms with van der Waals surface area (Å²) >= 11 is 0. The van der Waals surface area contributed by atoms with Crippen LogP contribution in [0, 0.1) is 0 Å². The molecule has 3 amide bonds. The summed E-state index contributed by atoms with van der Waals surface area (Å²) in [5, 5.41) is 5.12. The number of anilines is 1. The smallest absolute Gasteiger partial charge is 0.308 e. The molecule has 0 fully saturated rings. The molecule has 0 spiro atoms. The average molecular weight is 421 g/mol. The highest BCUT2D eigenvalue weighted by atomic mass is 16.5. The summed E-state index contributed by atoms with van der Waals surface area (Å²) in [5.74, 6) is -1.52. The lowest BCUT2D eigenvalue weighted by Gasteiger charge is -2.32. The van der Waals surface area contributed by atoms with Gasteiger partial charge in [-0.2, -0.15) is 0 Å². The first kappa shape index (κ1) is 21.8. The molecule has 31 heavy (non-hydrogen) atoms. The van der Waals surface area contributed by atoms with Gasteiger partial charge in [0.05, 0.1) is 12.5 Å². The van der Waals surface area contributed by atoms with Crippen LogP contribution in [0.4, 0.5) is 5.69 Å². The van der Waals surface area contributed by atoms with E-state index in [0.29, 0.717) is 11.3 Å². The number of nitrogens with one attached hydrogen (secondary N) is 2. The first-order valence-electron chi connectivity index (χ1n) is 9.72. The molecule has 0 aromatic heterocycles. The second kappa shape index (κ2) is 9.71. The van der Waals surface area contributed by atoms with Crippen LogP contribution in [-0.4, -0.2) is 42.2 Å². The van der Waals surface area contributed by atoms with Crippen molar-refractivity contribution in [1.82, 2.24) is 10.2 Å². The molecule has 2 N–H and O–H groups in total. The van der Waals surface area contributed by atoms with Crippen molar-refractivity contribution in [3.63, 3.8) is 0 Å². The summed E-state index contributed by atoms with van der Waals surface area (Å²) in [6, 6.07) is 13.3. The summed E-state index contributed by atoms with van der Waals surface area (Å²) in [4.78, 5) is 49.5. The van der Waals surface area contributed by atoms with Crippen LogP contribution in [0.5, 0.6) is 0 Å². The minimum atomic E-state index is -0.591. The lowest BCUT2D eigenvalue weighted by atomic mass is 9.94. The number of fused-ring (bicyclic) bond motifs is 1. The summed E-state index contributed by atoms with van der Waals surface area (Å²) in [5.41, 5.74) is 2.71. The van der Waals surface area contributed by atoms with E-state index in [-0.39, 0.29) is 18.2 Å². The van der Waals surface area contributed by atoms with Crippen molar-refractivity contribution in [2.24, 2.45) is 0 Å². The number of hydrogen-bond acceptors (Lipinski definition) is 5. The third kappa shape index (κ3) is 5.36. The Morgan fingerprint density at radius 1 is 1.03 bits per heavy atom. The minimum absolute atomic E-state index is 0.0744. The zero-order valence-corrected chi connectivity index (χ0v) is 17.3. The topological polar surface area (TPSA) is 105 Å². The largest absolute Gasteiger partial charge is 0.455 e. The van der Waals surface area contributed by atoms with Gasteiger partial charge in [-0.05, 0) is 41.5 Å². The maximum Gasteiger partial charge on any atom is 0.308 e. The molecule has 0 aliphatic carbocycles. The second-order valence-electron chi connectivity index (χ2n) is 6.96. The van der Waals surface area contributed by atoms with Crippen LogP contribution in [-0.2, 0) is 19.1 Å². The first-order chi connectivity index (χ1) is 14.9. The highest BCUT2D eigenvalue weighted by Crippen LogP contribution is 2.33. The summed E-state index contributed by atoms with van der Waals surface area (Å²) < 4.78 is 5.12. The van der Waals surface area contributed by atoms with Crippen LogP contribution in [0.15, 0.2) is 54.7 Å². The molecule has 8 nitrogen and oxygen atoms in total. The quantitative estimate of drug-likeness (QED) is 0.698. The van der Waals surface area contributed by atoms with E-state index < -0.39 is 24.5 Å². The normalized spacial score (nSPS) is 14.4. The molecule has 1 aliphatic heterocycles. The number of nitrogens with zero attached hydrogens (tertiary/aromatic N) is 1. The molecular weight excluding hydrogens is 398 g/mol. The van der Waals surface area contributed by atoms with Crippen molar-refractivity contribution >= 4 is 35.5 Å². The van der Waals surface area contributed by atoms with Crippen molar-refractivity contribution < 1.29 is 23.9 Å². The molecule has 0 saturated carbocycles. The van der Waals surface area contributed by atoms with Gasteiger partial charge in [0.1, 0.15) is 0 Å². The van der Waals surface area contributed by atoms with Crippen LogP contribution >= 0.6 is 0 Å². The van der Waals surface area contributed by atoms with Gasteiger partial charge >= 0.3 is 5.97 Å². The molecule has 2 aromatic carbocycles. The molecule has 2 aromatic rings. The fourth-order valence-corrected chi connectivity index (χ4v) is 3.32. The summed E-state index contributed by atoms with van der Waals surface area (Å²) in [6.07, 6.45) is 3.40. The second-order valence-corrected chi connectivity index (χ2v) is 6.96. The molecule has 1 heterocycles. The van der Waals surface area contributed by atoms with Gasteiger partial charge in [-0.1, -0.05) is 24.3 Å². The Morgan fingerprint density at radius 3 is 2.42 bits per heavy atom. The van der Waals surface area contributed by atoms with Gasteiger partial charge in [-0.3, -0.25) is 19.2 Å². The lowest BCUT2D eigenvalue weighted by Crippen LogP contribution is -2.33. The maximum absolute atomic E-state index is 12.4. The van der Waals surface area contributed by atoms with Crippen molar-refractivity contribution in [1.29, 1.82) is 0 Å². The fraction of sp³-hybridized carbons (Fsp3) is 0.217. The number of carbonyl (C=O) groups excluding carboxylic acids is 4. The zero-order valence-electron chi connectivity index (χ0n) is 17.3. The Kier molecular flexibility index (Phi) is 6.81. The number of benzene rings is 2. The Balaban J connectivity index is 1.56. The predicted molar refractivity (Wildman–Crippen MR) is 115 cm³/mol. The number of amides is 3. The van der Waals surface area contributed by atoms with Crippen LogP contribution in [0.25, 0.3) is 6.08 Å². The van der Waals surface area contributed by atoms with Crippen molar-refractivity contribution in [3.05, 3.63) is 71.4 Å². The number of hydrogen-bond donors (Lipinski definition) is 2. The molecule has 8 heteroatoms. The third-order valence-electron chi connectivity index (χ3n) is 4.85. The van der Waals surface area contributed by atoms with E-state index in [0.717, 1.165) is 11.1 Å². The first-order valence-corrected chi connectivity index (χ1v) is 9.72. The minimum Gasteiger partial charge on any atom is -0.455 e. The maximum atomic E-state index is 12.4. The highest BCUT2D eigenvalue weighted by molar-refractivity contribution is 5.96. The van der Waals surface area contributed by atoms with Gasteiger partial charge < -0.3 is 20.3 Å². The van der Waals surface area contributed by atoms with Crippen molar-refractivity contribution in [2.45, 2.75) is 19.4 Å². The van der Waals surface area contributed by atoms with E-state index in [1.165, 1.54) is 18.9 Å². The molecule has 0 unspecified atom stereocenters. The molecule has 1 atom stereocenters. The van der Waals surface area contributed by atoms with E-state index >= 15 is 0 Å². The van der Waals surface area contributed by atoms with Crippen molar-refractivity contribution in [3.8, 4) is 0 Å². The summed E-state index contributed by atoms with van der Waals surface area (Å²) in [7, 11) is 1.53. The van der Waals surface area contributed by atoms with Gasteiger partial charge in [0, 0.05) is 31.4 Å². The molecule has 160 valence electrons. The molecular formula is C23H23N3O5. The van der Waals surface area contributed by atoms with Crippen molar-refractivity contribution in [2.75, 3.05) is 19.0 Å². The summed E-state index contributed by atoms with van der Waals surface area (Å²) in [6.45, 7) is 0.972. The number of carbonyl (C=O) groups is 4. The molecule has 0 bridgehead atoms. The number of esters is 1. The molecule has 0 radical (unpaired) electrons. The average Bonchev–Trinajstić information content (AvgIpc) is 2.77. The van der Waals surface area contributed by atoms with E-state index in [1.54, 1.807) is 30.5 Å². The van der Waals surface area contributed by atoms with Gasteiger partial charge in [-0.15, -0.1) is 0 Å². The van der Waals surface area contributed by atoms with E-state index in [2.05, 4.69) is 10.6 Å². The Hall–Kier alpha value is -3.94. The van der Waals surface area contributed by atoms with E-state index in [1.807, 2.05) is 30.3 Å². The van der Waals surface area contributed by atoms with Gasteiger partial charge in [0.15, 0.2) is 6.61 Å². The Bertz CT molecular complexity index is 1030. The lowest BCUT2D eigenvalue weighted by molar-refractivity contribution is -0.149. The van der Waals surface area contributed by atoms with Crippen LogP contribution in [0.2, 0.25) is 0 Å². The predicted octanol–water partition coefficient (Wildman–Crippen LogP) is 2.49. The van der Waals surface area contributed by atoms with Crippen LogP contribution in [0.1, 0.15) is 40.9 Å². The molecule has 3 rings (SSSR count). The van der Waals surface area contributed by atoms with E-state index in [9.17, 15) is 19.2 Å². The standard InChI is InChI=1S/C23H23N3O5/c1-15(27)26-12-11-16-5-3-4-6-19(16)20(26)13-22(29)31-14-21(28)25-18-9-7-17(8-10-18)23(30)24-2/h3-12,20H,13-14H2,1-2H3,(H,24,30)(H,25,28)/t20-/m1/s1. The SMILES string of the molecule is CNC(=O)c1ccc(NC(=O)COC(=O)C[C@@H]2c3ccccc3C=CN2C(C)=O)cc1. The third-order valence-corrected chi connectivity index (χ3v) is 4.85. The Labute approximate surface area is 179 Å². The Morgan fingerprint density at radius 2 is 1.74 bits per heavy atom. The fourth-order valence-electron chi connectivity index (χ4n) is 3.32. The monoisotopic (exact) mass is 421 g/mol. The van der Waals surface area contributed by atoms with E-state index in [4.69, 9.17) is 4.74 Å². The molecule has 0 saturated heterocycles. The van der Waals surface area contributed by atoms with Crippen LogP contribution in [0.3, 0.4) is 0 Å². The van der Waals surface area contributed by atoms with Gasteiger partial charge in [-0.25, -0.2) is 0 Å². The number of ether oxygens (including phenoxy) is 1. The highest BCUT2D eigenvalue weighted by Gasteiger charge is 2.28. The zero-order chi connectivity index (χ0) is 22.4. The van der Waals surface area contributed by atoms with Gasteiger partial charge in [0.25, 0.3) is 11.8 Å². The number of rotatable bonds is 6. The molecule has 1 aliphatic rings. The van der Waals surface area contributed by atoms with Gasteiger partial charge in [0.2, 0.25) is 5.91 Å². The van der Waals surface area contributed by atoms with Crippen LogP contribution < -0.4 is 10.6 Å².